The molecular formula is C13H11ClN2O2. The van der Waals surface area contributed by atoms with E-state index in [-0.39, 0.29) is 5.78 Å². The number of aromatic nitrogens is 2. The fourth-order valence-electron chi connectivity index (χ4n) is 1.41. The summed E-state index contributed by atoms with van der Waals surface area (Å²) in [5.74, 6) is 1.45. The van der Waals surface area contributed by atoms with Crippen LogP contribution in [-0.4, -0.2) is 15.8 Å². The Morgan fingerprint density at radius 1 is 1.33 bits per heavy atom. The zero-order valence-corrected chi connectivity index (χ0v) is 10.7. The van der Waals surface area contributed by atoms with Gasteiger partial charge in [0, 0.05) is 17.8 Å². The maximum Gasteiger partial charge on any atom is 0.222 e. The fourth-order valence-corrected chi connectivity index (χ4v) is 1.63. The molecule has 0 aliphatic rings. The predicted octanol–water partition coefficient (Wildman–Crippen LogP) is 3.43. The molecule has 0 aliphatic heterocycles. The van der Waals surface area contributed by atoms with Crippen molar-refractivity contribution >= 4 is 17.4 Å². The van der Waals surface area contributed by atoms with Gasteiger partial charge >= 0.3 is 0 Å². The highest BCUT2D eigenvalue weighted by Crippen LogP contribution is 2.29. The van der Waals surface area contributed by atoms with E-state index in [1.54, 1.807) is 37.4 Å². The summed E-state index contributed by atoms with van der Waals surface area (Å²) in [6.07, 6.45) is 1.61. The van der Waals surface area contributed by atoms with Gasteiger partial charge in [0.2, 0.25) is 5.88 Å². The number of hydrogen-bond acceptors (Lipinski definition) is 4. The monoisotopic (exact) mass is 262 g/mol. The second-order valence-corrected chi connectivity index (χ2v) is 4.15. The minimum Gasteiger partial charge on any atom is -0.437 e. The number of benzene rings is 1. The van der Waals surface area contributed by atoms with Gasteiger partial charge in [-0.25, -0.2) is 4.98 Å². The molecule has 0 saturated carbocycles. The second kappa shape index (κ2) is 5.14. The summed E-state index contributed by atoms with van der Waals surface area (Å²) in [5, 5.41) is 0.374. The first-order valence-corrected chi connectivity index (χ1v) is 5.72. The maximum absolute atomic E-state index is 11.2. The Balaban J connectivity index is 2.27. The van der Waals surface area contributed by atoms with E-state index in [0.29, 0.717) is 28.0 Å². The van der Waals surface area contributed by atoms with Gasteiger partial charge in [-0.2, -0.15) is 4.98 Å². The third-order valence-electron chi connectivity index (χ3n) is 2.30. The normalized spacial score (nSPS) is 10.2. The standard InChI is InChI=1S/C13H11ClN2O2/c1-8(17)10-3-4-12(11(14)7-10)18-13-5-6-15-9(2)16-13/h3-7H,1-2H3. The van der Waals surface area contributed by atoms with Gasteiger partial charge in [0.25, 0.3) is 0 Å². The highest BCUT2D eigenvalue weighted by Gasteiger charge is 2.07. The van der Waals surface area contributed by atoms with Crippen LogP contribution < -0.4 is 4.74 Å². The number of halogens is 1. The van der Waals surface area contributed by atoms with Crippen LogP contribution in [0.4, 0.5) is 0 Å². The molecule has 1 heterocycles. The van der Waals surface area contributed by atoms with E-state index >= 15 is 0 Å². The molecule has 1 aromatic carbocycles. The average molecular weight is 263 g/mol. The number of Topliss-reactive ketones (excluding diaryl/α,β-unsaturated/α-hetero) is 1. The molecule has 0 amide bonds. The van der Waals surface area contributed by atoms with Crippen LogP contribution in [0.3, 0.4) is 0 Å². The molecule has 0 aliphatic carbocycles. The van der Waals surface area contributed by atoms with Crippen molar-refractivity contribution < 1.29 is 9.53 Å². The molecule has 0 radical (unpaired) electrons. The Kier molecular flexibility index (Phi) is 3.58. The van der Waals surface area contributed by atoms with Crippen LogP contribution in [-0.2, 0) is 0 Å². The molecule has 18 heavy (non-hydrogen) atoms. The predicted molar refractivity (Wildman–Crippen MR) is 68.3 cm³/mol. The van der Waals surface area contributed by atoms with E-state index in [4.69, 9.17) is 16.3 Å². The molecule has 0 atom stereocenters. The number of rotatable bonds is 3. The van der Waals surface area contributed by atoms with Crippen molar-refractivity contribution in [3.63, 3.8) is 0 Å². The van der Waals surface area contributed by atoms with Crippen LogP contribution in [0.2, 0.25) is 5.02 Å². The molecule has 2 aromatic rings. The number of ether oxygens (including phenoxy) is 1. The lowest BCUT2D eigenvalue weighted by Crippen LogP contribution is -1.95. The third kappa shape index (κ3) is 2.84. The van der Waals surface area contributed by atoms with E-state index in [0.717, 1.165) is 0 Å². The molecule has 0 N–H and O–H groups in total. The van der Waals surface area contributed by atoms with Gasteiger partial charge in [0.15, 0.2) is 5.78 Å². The van der Waals surface area contributed by atoms with Gasteiger partial charge in [-0.3, -0.25) is 4.79 Å². The Morgan fingerprint density at radius 3 is 2.72 bits per heavy atom. The molecule has 0 saturated heterocycles. The summed E-state index contributed by atoms with van der Waals surface area (Å²) in [7, 11) is 0. The largest absolute Gasteiger partial charge is 0.437 e. The second-order valence-electron chi connectivity index (χ2n) is 3.75. The maximum atomic E-state index is 11.2. The Bertz CT molecular complexity index is 599. The van der Waals surface area contributed by atoms with Gasteiger partial charge in [0.1, 0.15) is 11.6 Å². The molecule has 5 heteroatoms. The van der Waals surface area contributed by atoms with Crippen molar-refractivity contribution in [2.24, 2.45) is 0 Å². The number of aryl methyl sites for hydroxylation is 1. The summed E-state index contributed by atoms with van der Waals surface area (Å²) in [6.45, 7) is 3.26. The van der Waals surface area contributed by atoms with Gasteiger partial charge in [0.05, 0.1) is 5.02 Å². The SMILES string of the molecule is CC(=O)c1ccc(Oc2ccnc(C)n2)c(Cl)c1. The van der Waals surface area contributed by atoms with Crippen molar-refractivity contribution in [2.45, 2.75) is 13.8 Å². The molecule has 1 aromatic heterocycles. The number of nitrogens with zero attached hydrogens (tertiary/aromatic N) is 2. The van der Waals surface area contributed by atoms with E-state index in [1.165, 1.54) is 6.92 Å². The number of carbonyl (C=O) groups excluding carboxylic acids is 1. The topological polar surface area (TPSA) is 52.1 Å². The quantitative estimate of drug-likeness (QED) is 0.795. The highest BCUT2D eigenvalue weighted by atomic mass is 35.5. The minimum absolute atomic E-state index is 0.0404. The minimum atomic E-state index is -0.0404. The zero-order chi connectivity index (χ0) is 13.1. The lowest BCUT2D eigenvalue weighted by molar-refractivity contribution is 0.101. The molecule has 2 rings (SSSR count). The van der Waals surface area contributed by atoms with Crippen LogP contribution >= 0.6 is 11.6 Å². The number of hydrogen-bond donors (Lipinski definition) is 0. The summed E-state index contributed by atoms with van der Waals surface area (Å²) >= 11 is 6.04. The fraction of sp³-hybridized carbons (Fsp3) is 0.154. The van der Waals surface area contributed by atoms with Crippen LogP contribution in [0.25, 0.3) is 0 Å². The van der Waals surface area contributed by atoms with Gasteiger partial charge in [-0.05, 0) is 32.0 Å². The van der Waals surface area contributed by atoms with Crippen molar-refractivity contribution in [1.82, 2.24) is 9.97 Å². The van der Waals surface area contributed by atoms with Gasteiger partial charge < -0.3 is 4.74 Å². The average Bonchev–Trinajstić information content (AvgIpc) is 2.31. The number of carbonyl (C=O) groups is 1. The van der Waals surface area contributed by atoms with E-state index in [9.17, 15) is 4.79 Å². The first kappa shape index (κ1) is 12.5. The van der Waals surface area contributed by atoms with Crippen molar-refractivity contribution in [1.29, 1.82) is 0 Å². The third-order valence-corrected chi connectivity index (χ3v) is 2.60. The Hall–Kier alpha value is -1.94. The van der Waals surface area contributed by atoms with E-state index < -0.39 is 0 Å². The smallest absolute Gasteiger partial charge is 0.222 e. The summed E-state index contributed by atoms with van der Waals surface area (Å²) in [5.41, 5.74) is 0.547. The lowest BCUT2D eigenvalue weighted by atomic mass is 10.1. The van der Waals surface area contributed by atoms with Crippen LogP contribution in [0, 0.1) is 6.92 Å². The van der Waals surface area contributed by atoms with Gasteiger partial charge in [-0.15, -0.1) is 0 Å². The van der Waals surface area contributed by atoms with E-state index in [1.807, 2.05) is 0 Å². The van der Waals surface area contributed by atoms with E-state index in [2.05, 4.69) is 9.97 Å². The molecule has 0 bridgehead atoms. The molecule has 0 spiro atoms. The molecule has 0 unspecified atom stereocenters. The number of ketones is 1. The summed E-state index contributed by atoms with van der Waals surface area (Å²) in [4.78, 5) is 19.3. The van der Waals surface area contributed by atoms with Crippen LogP contribution in [0.1, 0.15) is 23.1 Å². The summed E-state index contributed by atoms with van der Waals surface area (Å²) in [6, 6.07) is 6.53. The van der Waals surface area contributed by atoms with Crippen LogP contribution in [0.5, 0.6) is 11.6 Å². The zero-order valence-electron chi connectivity index (χ0n) is 9.98. The van der Waals surface area contributed by atoms with Gasteiger partial charge in [-0.1, -0.05) is 11.6 Å². The van der Waals surface area contributed by atoms with Crippen molar-refractivity contribution in [2.75, 3.05) is 0 Å². The highest BCUT2D eigenvalue weighted by molar-refractivity contribution is 6.32. The Labute approximate surface area is 110 Å². The van der Waals surface area contributed by atoms with Crippen LogP contribution in [0.15, 0.2) is 30.5 Å². The lowest BCUT2D eigenvalue weighted by Gasteiger charge is -2.07. The van der Waals surface area contributed by atoms with Crippen molar-refractivity contribution in [3.05, 3.63) is 46.9 Å². The Morgan fingerprint density at radius 2 is 2.11 bits per heavy atom. The first-order valence-electron chi connectivity index (χ1n) is 5.34. The summed E-state index contributed by atoms with van der Waals surface area (Å²) < 4.78 is 5.53. The molecule has 92 valence electrons. The van der Waals surface area contributed by atoms with Crippen molar-refractivity contribution in [3.8, 4) is 11.6 Å². The molecular weight excluding hydrogens is 252 g/mol. The molecule has 4 nitrogen and oxygen atoms in total. The first-order chi connectivity index (χ1) is 8.56. The molecule has 0 fully saturated rings.